The molecule has 3 N–H and O–H groups in total. The number of piperidine rings is 1. The van der Waals surface area contributed by atoms with Crippen LogP contribution >= 0.6 is 0 Å². The number of benzene rings is 2. The summed E-state index contributed by atoms with van der Waals surface area (Å²) in [7, 11) is 0. The van der Waals surface area contributed by atoms with Crippen molar-refractivity contribution in [1.82, 2.24) is 19.4 Å². The molecule has 4 aromatic rings. The summed E-state index contributed by atoms with van der Waals surface area (Å²) in [4.78, 5) is 12.5. The number of likely N-dealkylation sites (tertiary alicyclic amines) is 1. The number of nitrogens with one attached hydrogen (secondary N) is 1. The van der Waals surface area contributed by atoms with E-state index in [-0.39, 0.29) is 0 Å². The lowest BCUT2D eigenvalue weighted by Crippen LogP contribution is -2.47. The van der Waals surface area contributed by atoms with Crippen LogP contribution in [0.15, 0.2) is 60.8 Å². The first kappa shape index (κ1) is 28.5. The zero-order valence-corrected chi connectivity index (χ0v) is 24.1. The molecule has 5 rings (SSSR count). The zero-order valence-electron chi connectivity index (χ0n) is 24.1. The SMILES string of the molecule is CCOCCOC(c1cccc2cccnc12)n1c(NC2CCN(C(CCN)C(C)C)CC2)nc2ccccc21. The second-order valence-electron chi connectivity index (χ2n) is 11.0. The molecule has 0 spiro atoms. The molecule has 8 nitrogen and oxygen atoms in total. The molecule has 214 valence electrons. The molecule has 1 fully saturated rings. The second-order valence-corrected chi connectivity index (χ2v) is 11.0. The summed E-state index contributed by atoms with van der Waals surface area (Å²) >= 11 is 0. The van der Waals surface area contributed by atoms with Gasteiger partial charge in [-0.2, -0.15) is 0 Å². The van der Waals surface area contributed by atoms with Gasteiger partial charge in [-0.1, -0.05) is 50.2 Å². The van der Waals surface area contributed by atoms with Gasteiger partial charge in [0.25, 0.3) is 0 Å². The number of pyridine rings is 1. The fraction of sp³-hybridized carbons (Fsp3) is 0.500. The van der Waals surface area contributed by atoms with Gasteiger partial charge in [-0.15, -0.1) is 0 Å². The molecule has 3 heterocycles. The Kier molecular flexibility index (Phi) is 9.65. The van der Waals surface area contributed by atoms with Gasteiger partial charge in [0, 0.05) is 48.9 Å². The van der Waals surface area contributed by atoms with E-state index in [1.807, 2.05) is 25.3 Å². The predicted octanol–water partition coefficient (Wildman–Crippen LogP) is 5.43. The molecule has 0 aliphatic carbocycles. The van der Waals surface area contributed by atoms with E-state index in [0.29, 0.717) is 37.8 Å². The Hall–Kier alpha value is -3.04. The highest BCUT2D eigenvalue weighted by Crippen LogP contribution is 2.34. The van der Waals surface area contributed by atoms with Crippen molar-refractivity contribution < 1.29 is 9.47 Å². The highest BCUT2D eigenvalue weighted by molar-refractivity contribution is 5.83. The van der Waals surface area contributed by atoms with Gasteiger partial charge in [-0.05, 0) is 56.8 Å². The van der Waals surface area contributed by atoms with Crippen LogP contribution in [0, 0.1) is 5.92 Å². The van der Waals surface area contributed by atoms with Crippen molar-refractivity contribution in [2.75, 3.05) is 44.8 Å². The lowest BCUT2D eigenvalue weighted by atomic mass is 9.95. The Morgan fingerprint density at radius 1 is 1.02 bits per heavy atom. The van der Waals surface area contributed by atoms with E-state index in [2.05, 4.69) is 71.1 Å². The Bertz CT molecular complexity index is 1360. The Labute approximate surface area is 237 Å². The predicted molar refractivity (Wildman–Crippen MR) is 163 cm³/mol. The summed E-state index contributed by atoms with van der Waals surface area (Å²) in [6.45, 7) is 11.1. The average molecular weight is 545 g/mol. The number of hydrogen-bond donors (Lipinski definition) is 2. The standard InChI is InChI=1S/C32H44N6O2/c1-4-39-21-22-40-31(26-11-7-9-24-10-8-18-34-30(24)26)38-29-13-6-5-12-27(29)36-32(38)35-25-15-19-37(20-16-25)28(14-17-33)23(2)3/h5-13,18,23,25,28,31H,4,14-17,19-22,33H2,1-3H3,(H,35,36). The first-order valence-corrected chi connectivity index (χ1v) is 14.8. The van der Waals surface area contributed by atoms with Crippen molar-refractivity contribution in [2.24, 2.45) is 11.7 Å². The molecule has 0 radical (unpaired) electrons. The minimum absolute atomic E-state index is 0.326. The lowest BCUT2D eigenvalue weighted by Gasteiger charge is -2.40. The van der Waals surface area contributed by atoms with Gasteiger partial charge in [-0.3, -0.25) is 14.5 Å². The van der Waals surface area contributed by atoms with Crippen LogP contribution in [0.3, 0.4) is 0 Å². The van der Waals surface area contributed by atoms with Gasteiger partial charge in [-0.25, -0.2) is 4.98 Å². The van der Waals surface area contributed by atoms with Crippen molar-refractivity contribution in [3.63, 3.8) is 0 Å². The third-order valence-corrected chi connectivity index (χ3v) is 8.03. The number of fused-ring (bicyclic) bond motifs is 2. The number of imidazole rings is 1. The Morgan fingerprint density at radius 3 is 2.60 bits per heavy atom. The van der Waals surface area contributed by atoms with Crippen molar-refractivity contribution in [3.05, 3.63) is 66.4 Å². The molecule has 1 aliphatic heterocycles. The third-order valence-electron chi connectivity index (χ3n) is 8.03. The summed E-state index contributed by atoms with van der Waals surface area (Å²) < 4.78 is 14.5. The van der Waals surface area contributed by atoms with E-state index >= 15 is 0 Å². The largest absolute Gasteiger partial charge is 0.379 e. The smallest absolute Gasteiger partial charge is 0.206 e. The third kappa shape index (κ3) is 6.31. The molecule has 1 saturated heterocycles. The quantitative estimate of drug-likeness (QED) is 0.217. The van der Waals surface area contributed by atoms with Crippen molar-refractivity contribution in [2.45, 2.75) is 58.3 Å². The van der Waals surface area contributed by atoms with E-state index < -0.39 is 6.23 Å². The number of nitrogens with zero attached hydrogens (tertiary/aromatic N) is 4. The van der Waals surface area contributed by atoms with Gasteiger partial charge >= 0.3 is 0 Å². The second kappa shape index (κ2) is 13.5. The Balaban J connectivity index is 1.47. The van der Waals surface area contributed by atoms with Crippen LogP contribution in [0.5, 0.6) is 0 Å². The van der Waals surface area contributed by atoms with Gasteiger partial charge in [0.1, 0.15) is 0 Å². The highest BCUT2D eigenvalue weighted by Gasteiger charge is 2.29. The number of nitrogens with two attached hydrogens (primary N) is 1. The topological polar surface area (TPSA) is 90.5 Å². The zero-order chi connectivity index (χ0) is 27.9. The van der Waals surface area contributed by atoms with Gasteiger partial charge in [0.05, 0.1) is 29.8 Å². The van der Waals surface area contributed by atoms with E-state index in [1.54, 1.807) is 0 Å². The molecule has 2 atom stereocenters. The summed E-state index contributed by atoms with van der Waals surface area (Å²) in [5, 5.41) is 4.91. The average Bonchev–Trinajstić information content (AvgIpc) is 3.34. The highest BCUT2D eigenvalue weighted by atomic mass is 16.5. The molecule has 2 aromatic carbocycles. The maximum atomic E-state index is 6.62. The first-order chi connectivity index (χ1) is 19.6. The summed E-state index contributed by atoms with van der Waals surface area (Å²) in [5.74, 6) is 1.43. The van der Waals surface area contributed by atoms with Gasteiger partial charge in [0.2, 0.25) is 5.95 Å². The minimum Gasteiger partial charge on any atom is -0.379 e. The van der Waals surface area contributed by atoms with Crippen molar-refractivity contribution >= 4 is 27.9 Å². The number of rotatable bonds is 13. The normalized spacial score (nSPS) is 16.6. The van der Waals surface area contributed by atoms with E-state index in [1.165, 1.54) is 0 Å². The Morgan fingerprint density at radius 2 is 1.82 bits per heavy atom. The molecule has 0 amide bonds. The molecule has 1 aliphatic rings. The molecule has 0 bridgehead atoms. The lowest BCUT2D eigenvalue weighted by molar-refractivity contribution is -0.00391. The number of aromatic nitrogens is 3. The van der Waals surface area contributed by atoms with Crippen LogP contribution in [0.1, 0.15) is 51.8 Å². The van der Waals surface area contributed by atoms with E-state index in [0.717, 1.165) is 72.3 Å². The fourth-order valence-electron chi connectivity index (χ4n) is 6.04. The van der Waals surface area contributed by atoms with Crippen molar-refractivity contribution in [3.8, 4) is 0 Å². The van der Waals surface area contributed by atoms with Crippen LogP contribution in [-0.4, -0.2) is 71.0 Å². The maximum absolute atomic E-state index is 6.62. The molecular formula is C32H44N6O2. The fourth-order valence-corrected chi connectivity index (χ4v) is 6.04. The number of hydrogen-bond acceptors (Lipinski definition) is 7. The van der Waals surface area contributed by atoms with Gasteiger partial charge < -0.3 is 20.5 Å². The van der Waals surface area contributed by atoms with Crippen molar-refractivity contribution in [1.29, 1.82) is 0 Å². The first-order valence-electron chi connectivity index (χ1n) is 14.8. The monoisotopic (exact) mass is 544 g/mol. The minimum atomic E-state index is -0.413. The van der Waals surface area contributed by atoms with Crippen LogP contribution < -0.4 is 11.1 Å². The number of para-hydroxylation sites is 3. The molecule has 0 saturated carbocycles. The molecule has 2 unspecified atom stereocenters. The van der Waals surface area contributed by atoms with Crippen LogP contribution in [0.25, 0.3) is 21.9 Å². The number of ether oxygens (including phenoxy) is 2. The number of anilines is 1. The summed E-state index contributed by atoms with van der Waals surface area (Å²) in [6.07, 6.45) is 4.59. The van der Waals surface area contributed by atoms with E-state index in [9.17, 15) is 0 Å². The molecule has 40 heavy (non-hydrogen) atoms. The molecular weight excluding hydrogens is 500 g/mol. The molecule has 2 aromatic heterocycles. The van der Waals surface area contributed by atoms with Crippen LogP contribution in [0.2, 0.25) is 0 Å². The summed E-state index contributed by atoms with van der Waals surface area (Å²) in [5.41, 5.74) is 9.86. The van der Waals surface area contributed by atoms with E-state index in [4.69, 9.17) is 25.2 Å². The van der Waals surface area contributed by atoms with Crippen LogP contribution in [-0.2, 0) is 9.47 Å². The summed E-state index contributed by atoms with van der Waals surface area (Å²) in [6, 6.07) is 19.5. The maximum Gasteiger partial charge on any atom is 0.206 e. The van der Waals surface area contributed by atoms with Crippen LogP contribution in [0.4, 0.5) is 5.95 Å². The molecule has 8 heteroatoms. The van der Waals surface area contributed by atoms with Gasteiger partial charge in [0.15, 0.2) is 6.23 Å².